The summed E-state index contributed by atoms with van der Waals surface area (Å²) in [4.78, 5) is 16.2. The Hall–Kier alpha value is -1.75. The lowest BCUT2D eigenvalue weighted by molar-refractivity contribution is 0.0955. The third-order valence-electron chi connectivity index (χ3n) is 2.88. The number of hydrogen-bond donors (Lipinski definition) is 2. The molecule has 0 bridgehead atoms. The van der Waals surface area contributed by atoms with Crippen molar-refractivity contribution < 1.29 is 4.79 Å². The quantitative estimate of drug-likeness (QED) is 0.822. The molecule has 0 fully saturated rings. The van der Waals surface area contributed by atoms with E-state index in [-0.39, 0.29) is 5.91 Å². The molecule has 1 aromatic carbocycles. The van der Waals surface area contributed by atoms with Gasteiger partial charge in [0.2, 0.25) is 0 Å². The fourth-order valence-corrected chi connectivity index (χ4v) is 2.34. The maximum atomic E-state index is 12.1. The number of rotatable bonds is 5. The Kier molecular flexibility index (Phi) is 4.63. The van der Waals surface area contributed by atoms with E-state index in [1.54, 1.807) is 18.0 Å². The van der Waals surface area contributed by atoms with Gasteiger partial charge in [0.1, 0.15) is 5.82 Å². The second kappa shape index (κ2) is 6.43. The maximum Gasteiger partial charge on any atom is 0.253 e. The molecule has 3 N–H and O–H groups in total. The Labute approximate surface area is 116 Å². The zero-order valence-corrected chi connectivity index (χ0v) is 11.7. The number of carbonyl (C=O) groups is 1. The summed E-state index contributed by atoms with van der Waals surface area (Å²) < 4.78 is 0. The van der Waals surface area contributed by atoms with Crippen molar-refractivity contribution in [3.05, 3.63) is 36.0 Å². The number of pyridine rings is 1. The highest BCUT2D eigenvalue weighted by molar-refractivity contribution is 7.98. The molecule has 0 aliphatic rings. The van der Waals surface area contributed by atoms with Crippen LogP contribution in [0.3, 0.4) is 0 Å². The van der Waals surface area contributed by atoms with Gasteiger partial charge in [0.25, 0.3) is 5.91 Å². The highest BCUT2D eigenvalue weighted by atomic mass is 32.2. The van der Waals surface area contributed by atoms with Gasteiger partial charge < -0.3 is 11.1 Å². The highest BCUT2D eigenvalue weighted by Crippen LogP contribution is 2.22. The molecule has 0 aliphatic carbocycles. The molecule has 0 saturated carbocycles. The number of nitrogens with one attached hydrogen (secondary N) is 1. The molecule has 5 heteroatoms. The number of nitrogen functional groups attached to an aromatic ring is 1. The van der Waals surface area contributed by atoms with Crippen LogP contribution in [0, 0.1) is 0 Å². The Bertz CT molecular complexity index is 586. The monoisotopic (exact) mass is 275 g/mol. The van der Waals surface area contributed by atoms with E-state index in [0.717, 1.165) is 22.9 Å². The Morgan fingerprint density at radius 1 is 1.37 bits per heavy atom. The van der Waals surface area contributed by atoms with Gasteiger partial charge in [-0.3, -0.25) is 4.79 Å². The molecule has 19 heavy (non-hydrogen) atoms. The number of amides is 1. The third-order valence-corrected chi connectivity index (χ3v) is 3.58. The molecule has 1 aromatic heterocycles. The summed E-state index contributed by atoms with van der Waals surface area (Å²) in [5.41, 5.74) is 6.40. The molecule has 1 heterocycles. The lowest BCUT2D eigenvalue weighted by atomic mass is 10.1. The van der Waals surface area contributed by atoms with Gasteiger partial charge in [-0.1, -0.05) is 24.3 Å². The van der Waals surface area contributed by atoms with E-state index in [9.17, 15) is 4.79 Å². The van der Waals surface area contributed by atoms with Gasteiger partial charge in [-0.05, 0) is 23.8 Å². The normalized spacial score (nSPS) is 10.6. The summed E-state index contributed by atoms with van der Waals surface area (Å²) in [5.74, 6) is 1.40. The fourth-order valence-electron chi connectivity index (χ4n) is 1.91. The van der Waals surface area contributed by atoms with Gasteiger partial charge in [-0.2, -0.15) is 11.8 Å². The largest absolute Gasteiger partial charge is 0.383 e. The molecule has 0 saturated heterocycles. The van der Waals surface area contributed by atoms with Crippen molar-refractivity contribution in [3.8, 4) is 0 Å². The summed E-state index contributed by atoms with van der Waals surface area (Å²) in [6.07, 6.45) is 4.56. The number of nitrogens with zero attached hydrogens (tertiary/aromatic N) is 1. The zero-order valence-electron chi connectivity index (χ0n) is 10.8. The zero-order chi connectivity index (χ0) is 13.7. The van der Waals surface area contributed by atoms with E-state index < -0.39 is 0 Å². The van der Waals surface area contributed by atoms with Crippen LogP contribution >= 0.6 is 11.8 Å². The number of nitrogens with two attached hydrogens (primary N) is 1. The minimum atomic E-state index is -0.0928. The predicted octanol–water partition coefficient (Wildman–Crippen LogP) is 2.30. The molecule has 0 spiro atoms. The van der Waals surface area contributed by atoms with Crippen LogP contribution in [0.4, 0.5) is 5.82 Å². The Morgan fingerprint density at radius 2 is 2.11 bits per heavy atom. The van der Waals surface area contributed by atoms with E-state index >= 15 is 0 Å². The first-order chi connectivity index (χ1) is 9.24. The number of anilines is 1. The second-order valence-corrected chi connectivity index (χ2v) is 5.19. The van der Waals surface area contributed by atoms with Gasteiger partial charge >= 0.3 is 0 Å². The summed E-state index contributed by atoms with van der Waals surface area (Å²) in [5, 5.41) is 4.58. The van der Waals surface area contributed by atoms with Crippen molar-refractivity contribution in [2.24, 2.45) is 0 Å². The van der Waals surface area contributed by atoms with E-state index in [1.165, 1.54) is 0 Å². The smallest absolute Gasteiger partial charge is 0.253 e. The number of thioether (sulfide) groups is 1. The minimum absolute atomic E-state index is 0.0928. The third kappa shape index (κ3) is 3.17. The lowest BCUT2D eigenvalue weighted by Gasteiger charge is -2.08. The Morgan fingerprint density at radius 3 is 2.84 bits per heavy atom. The molecule has 2 rings (SSSR count). The minimum Gasteiger partial charge on any atom is -0.383 e. The molecule has 2 aromatic rings. The molecule has 0 atom stereocenters. The molecule has 1 amide bonds. The first-order valence-corrected chi connectivity index (χ1v) is 7.53. The van der Waals surface area contributed by atoms with Crippen molar-refractivity contribution in [2.45, 2.75) is 6.42 Å². The van der Waals surface area contributed by atoms with Crippen molar-refractivity contribution in [3.63, 3.8) is 0 Å². The summed E-state index contributed by atoms with van der Waals surface area (Å²) in [7, 11) is 0. The second-order valence-electron chi connectivity index (χ2n) is 4.20. The number of carbonyl (C=O) groups excluding carboxylic acids is 1. The van der Waals surface area contributed by atoms with Crippen LogP contribution in [0.1, 0.15) is 16.8 Å². The van der Waals surface area contributed by atoms with Crippen LogP contribution < -0.4 is 11.1 Å². The van der Waals surface area contributed by atoms with Crippen LogP contribution in [-0.4, -0.2) is 29.4 Å². The molecule has 4 nitrogen and oxygen atoms in total. The maximum absolute atomic E-state index is 12.1. The van der Waals surface area contributed by atoms with Crippen LogP contribution in [0.15, 0.2) is 30.5 Å². The topological polar surface area (TPSA) is 68.0 Å². The van der Waals surface area contributed by atoms with Gasteiger partial charge in [0, 0.05) is 18.1 Å². The average molecular weight is 275 g/mol. The van der Waals surface area contributed by atoms with Crippen molar-refractivity contribution in [1.29, 1.82) is 0 Å². The number of benzene rings is 1. The molecule has 0 radical (unpaired) electrons. The van der Waals surface area contributed by atoms with Crippen LogP contribution in [0.25, 0.3) is 10.8 Å². The number of fused-ring (bicyclic) bond motifs is 1. The van der Waals surface area contributed by atoms with Crippen molar-refractivity contribution >= 4 is 34.3 Å². The number of aromatic nitrogens is 1. The Balaban J connectivity index is 2.20. The van der Waals surface area contributed by atoms with Crippen LogP contribution in [0.5, 0.6) is 0 Å². The molecule has 100 valence electrons. The molecular weight excluding hydrogens is 258 g/mol. The fraction of sp³-hybridized carbons (Fsp3) is 0.286. The van der Waals surface area contributed by atoms with E-state index in [1.807, 2.05) is 24.3 Å². The van der Waals surface area contributed by atoms with Gasteiger partial charge in [0.15, 0.2) is 0 Å². The first kappa shape index (κ1) is 13.7. The van der Waals surface area contributed by atoms with E-state index in [0.29, 0.717) is 17.9 Å². The van der Waals surface area contributed by atoms with Gasteiger partial charge in [0.05, 0.1) is 5.56 Å². The predicted molar refractivity (Wildman–Crippen MR) is 81.5 cm³/mol. The van der Waals surface area contributed by atoms with Crippen molar-refractivity contribution in [1.82, 2.24) is 10.3 Å². The highest BCUT2D eigenvalue weighted by Gasteiger charge is 2.11. The van der Waals surface area contributed by atoms with Crippen molar-refractivity contribution in [2.75, 3.05) is 24.3 Å². The van der Waals surface area contributed by atoms with Gasteiger partial charge in [-0.25, -0.2) is 4.98 Å². The molecular formula is C14H17N3OS. The SMILES string of the molecule is CSCCCNC(=O)c1cnc(N)c2ccccc12. The average Bonchev–Trinajstić information content (AvgIpc) is 2.44. The van der Waals surface area contributed by atoms with Gasteiger partial charge in [-0.15, -0.1) is 0 Å². The molecule has 0 aliphatic heterocycles. The number of hydrogen-bond acceptors (Lipinski definition) is 4. The standard InChI is InChI=1S/C14H17N3OS/c1-19-8-4-7-16-14(18)12-9-17-13(15)11-6-3-2-5-10(11)12/h2-3,5-6,9H,4,7-8H2,1H3,(H2,15,17)(H,16,18). The summed E-state index contributed by atoms with van der Waals surface area (Å²) >= 11 is 1.77. The lowest BCUT2D eigenvalue weighted by Crippen LogP contribution is -2.25. The van der Waals surface area contributed by atoms with E-state index in [2.05, 4.69) is 16.6 Å². The van der Waals surface area contributed by atoms with Crippen LogP contribution in [0.2, 0.25) is 0 Å². The first-order valence-electron chi connectivity index (χ1n) is 6.14. The summed E-state index contributed by atoms with van der Waals surface area (Å²) in [6, 6.07) is 7.55. The van der Waals surface area contributed by atoms with E-state index in [4.69, 9.17) is 5.73 Å². The molecule has 0 unspecified atom stereocenters. The van der Waals surface area contributed by atoms with Crippen LogP contribution in [-0.2, 0) is 0 Å². The summed E-state index contributed by atoms with van der Waals surface area (Å²) in [6.45, 7) is 0.679.